The molecule has 50 heavy (non-hydrogen) atoms. The van der Waals surface area contributed by atoms with Crippen LogP contribution in [0.25, 0.3) is 22.1 Å². The summed E-state index contributed by atoms with van der Waals surface area (Å²) >= 11 is 0. The van der Waals surface area contributed by atoms with Gasteiger partial charge in [-0.25, -0.2) is 28.1 Å². The number of fused-ring (bicyclic) bond motifs is 3. The van der Waals surface area contributed by atoms with Gasteiger partial charge >= 0.3 is 0 Å². The number of pyridine rings is 1. The highest BCUT2D eigenvalue weighted by Crippen LogP contribution is 2.39. The SMILES string of the molecule is CC1=[N+](c2cc(C#Cc3ccn(C)n3)cnc2OC2C[C@@H]([N+](=O)[O-])N(c3nc(C(F)F)nc4c3oc3cc(F)ccc34)C2)CCOC12COC2. The second-order valence-corrected chi connectivity index (χ2v) is 12.3. The van der Waals surface area contributed by atoms with Crippen molar-refractivity contribution in [3.63, 3.8) is 0 Å². The van der Waals surface area contributed by atoms with Gasteiger partial charge in [0.1, 0.15) is 35.3 Å². The number of halogens is 3. The smallest absolute Gasteiger partial charge is 0.297 e. The summed E-state index contributed by atoms with van der Waals surface area (Å²) in [5.74, 6) is 4.64. The van der Waals surface area contributed by atoms with Crippen molar-refractivity contribution in [3.05, 3.63) is 75.7 Å². The predicted molar refractivity (Wildman–Crippen MR) is 170 cm³/mol. The molecule has 2 saturated heterocycles. The van der Waals surface area contributed by atoms with E-state index >= 15 is 0 Å². The van der Waals surface area contributed by atoms with Crippen molar-refractivity contribution in [2.45, 2.75) is 37.6 Å². The van der Waals surface area contributed by atoms with Gasteiger partial charge in [-0.3, -0.25) is 19.7 Å². The summed E-state index contributed by atoms with van der Waals surface area (Å²) < 4.78 is 69.6. The van der Waals surface area contributed by atoms with Crippen LogP contribution in [0.4, 0.5) is 24.7 Å². The molecule has 3 aliphatic heterocycles. The fourth-order valence-corrected chi connectivity index (χ4v) is 6.50. The summed E-state index contributed by atoms with van der Waals surface area (Å²) in [5.41, 5.74) is 1.97. The van der Waals surface area contributed by atoms with Crippen molar-refractivity contribution in [1.29, 1.82) is 0 Å². The first-order valence-corrected chi connectivity index (χ1v) is 15.7. The number of nitrogens with zero attached hydrogens (tertiary/aromatic N) is 8. The van der Waals surface area contributed by atoms with E-state index in [1.165, 1.54) is 11.0 Å². The number of anilines is 1. The number of aryl methyl sites for hydroxylation is 1. The number of rotatable bonds is 6. The molecule has 256 valence electrons. The number of hydrogen-bond donors (Lipinski definition) is 0. The highest BCUT2D eigenvalue weighted by molar-refractivity contribution is 6.05. The van der Waals surface area contributed by atoms with Gasteiger partial charge in [0, 0.05) is 48.8 Å². The van der Waals surface area contributed by atoms with Crippen molar-refractivity contribution in [2.75, 3.05) is 37.8 Å². The Kier molecular flexibility index (Phi) is 7.64. The van der Waals surface area contributed by atoms with Crippen LogP contribution in [-0.4, -0.2) is 90.7 Å². The fraction of sp³-hybridized carbons (Fsp3) is 0.364. The van der Waals surface area contributed by atoms with Crippen molar-refractivity contribution < 1.29 is 41.3 Å². The number of benzene rings is 1. The summed E-state index contributed by atoms with van der Waals surface area (Å²) in [6, 6.07) is 7.20. The van der Waals surface area contributed by atoms with Crippen LogP contribution >= 0.6 is 0 Å². The second-order valence-electron chi connectivity index (χ2n) is 12.3. The maximum atomic E-state index is 14.0. The lowest BCUT2D eigenvalue weighted by Crippen LogP contribution is -2.62. The Labute approximate surface area is 281 Å². The van der Waals surface area contributed by atoms with Gasteiger partial charge in [-0.15, -0.1) is 0 Å². The van der Waals surface area contributed by atoms with Crippen LogP contribution in [-0.2, 0) is 16.5 Å². The molecular formula is C33H28F3N8O6+. The van der Waals surface area contributed by atoms with Gasteiger partial charge in [0.15, 0.2) is 35.1 Å². The quantitative estimate of drug-likeness (QED) is 0.110. The molecule has 0 N–H and O–H groups in total. The molecule has 7 heterocycles. The van der Waals surface area contributed by atoms with Gasteiger partial charge in [-0.05, 0) is 24.1 Å². The third-order valence-corrected chi connectivity index (χ3v) is 9.10. The van der Waals surface area contributed by atoms with Gasteiger partial charge in [0.2, 0.25) is 0 Å². The Bertz CT molecular complexity index is 2270. The molecule has 1 unspecified atom stereocenters. The molecule has 0 aliphatic carbocycles. The Morgan fingerprint density at radius 3 is 2.76 bits per heavy atom. The Morgan fingerprint density at radius 1 is 1.20 bits per heavy atom. The second kappa shape index (κ2) is 12.1. The molecule has 0 saturated carbocycles. The number of hydrogen-bond acceptors (Lipinski definition) is 11. The topological polar surface area (TPSA) is 147 Å². The fourth-order valence-electron chi connectivity index (χ4n) is 6.50. The van der Waals surface area contributed by atoms with E-state index in [1.54, 1.807) is 30.2 Å². The van der Waals surface area contributed by atoms with Gasteiger partial charge in [0.05, 0.1) is 31.7 Å². The minimum Gasteiger partial charge on any atom is -0.467 e. The summed E-state index contributed by atoms with van der Waals surface area (Å²) in [5, 5.41) is 17.0. The van der Waals surface area contributed by atoms with E-state index in [0.29, 0.717) is 43.3 Å². The Hall–Kier alpha value is -5.60. The van der Waals surface area contributed by atoms with Gasteiger partial charge in [0.25, 0.3) is 24.2 Å². The predicted octanol–water partition coefficient (Wildman–Crippen LogP) is 4.15. The summed E-state index contributed by atoms with van der Waals surface area (Å²) in [6.45, 7) is 3.47. The minimum absolute atomic E-state index is 0.00893. The minimum atomic E-state index is -3.09. The first-order chi connectivity index (χ1) is 24.1. The number of ether oxygens (including phenoxy) is 3. The highest BCUT2D eigenvalue weighted by atomic mass is 19.3. The summed E-state index contributed by atoms with van der Waals surface area (Å²) in [6.07, 6.45) is -2.14. The standard InChI is InChI=1S/C33H28F3N8O6/c1-18-33(16-47-17-33)48-10-9-42(18)24-11-19(3-5-21-7-8-41(2)40-21)14-37-32(24)49-22-13-26(44(45)46)43(15-22)31-28-27(38-30(39-31)29(35)36)23-6-4-20(34)12-25(23)50-28/h4,6-8,11-12,14,22,26,29H,9-10,13,15-17H2,1-2H3/q+1/t22?,26-/m1/s1. The molecule has 4 aromatic heterocycles. The molecule has 2 fully saturated rings. The lowest BCUT2D eigenvalue weighted by Gasteiger charge is -2.41. The van der Waals surface area contributed by atoms with E-state index in [1.807, 2.05) is 17.6 Å². The number of nitro groups is 1. The number of aromatic nitrogens is 5. The molecule has 8 rings (SSSR count). The summed E-state index contributed by atoms with van der Waals surface area (Å²) in [7, 11) is 1.80. The number of furan rings is 1. The van der Waals surface area contributed by atoms with E-state index in [-0.39, 0.29) is 46.7 Å². The molecule has 5 aromatic rings. The first-order valence-electron chi connectivity index (χ1n) is 15.7. The molecule has 17 heteroatoms. The first kappa shape index (κ1) is 31.7. The van der Waals surface area contributed by atoms with Crippen molar-refractivity contribution in [3.8, 4) is 17.7 Å². The molecule has 1 aromatic carbocycles. The Balaban J connectivity index is 1.18. The van der Waals surface area contributed by atoms with Crippen molar-refractivity contribution in [2.24, 2.45) is 7.05 Å². The van der Waals surface area contributed by atoms with Crippen LogP contribution in [0.3, 0.4) is 0 Å². The van der Waals surface area contributed by atoms with Crippen LogP contribution in [0, 0.1) is 27.8 Å². The molecule has 2 atom stereocenters. The third-order valence-electron chi connectivity index (χ3n) is 9.10. The molecular weight excluding hydrogens is 661 g/mol. The zero-order valence-corrected chi connectivity index (χ0v) is 26.7. The van der Waals surface area contributed by atoms with Crippen LogP contribution < -0.4 is 9.64 Å². The zero-order valence-electron chi connectivity index (χ0n) is 26.7. The van der Waals surface area contributed by atoms with E-state index in [4.69, 9.17) is 18.6 Å². The lowest BCUT2D eigenvalue weighted by molar-refractivity contribution is -0.519. The maximum Gasteiger partial charge on any atom is 0.297 e. The van der Waals surface area contributed by atoms with E-state index in [9.17, 15) is 23.3 Å². The third kappa shape index (κ3) is 5.46. The normalized spacial score (nSPS) is 20.1. The maximum absolute atomic E-state index is 14.0. The van der Waals surface area contributed by atoms with E-state index in [0.717, 1.165) is 17.8 Å². The van der Waals surface area contributed by atoms with Crippen LogP contribution in [0.15, 0.2) is 47.1 Å². The Morgan fingerprint density at radius 2 is 2.04 bits per heavy atom. The summed E-state index contributed by atoms with van der Waals surface area (Å²) in [4.78, 5) is 25.7. The van der Waals surface area contributed by atoms with E-state index < -0.39 is 40.9 Å². The van der Waals surface area contributed by atoms with Gasteiger partial charge in [-0.1, -0.05) is 5.92 Å². The van der Waals surface area contributed by atoms with Gasteiger partial charge in [-0.2, -0.15) is 9.67 Å². The number of alkyl halides is 2. The lowest BCUT2D eigenvalue weighted by atomic mass is 9.94. The van der Waals surface area contributed by atoms with E-state index in [2.05, 4.69) is 31.9 Å². The largest absolute Gasteiger partial charge is 0.467 e. The van der Waals surface area contributed by atoms with Crippen LogP contribution in [0.2, 0.25) is 0 Å². The average molecular weight is 690 g/mol. The van der Waals surface area contributed by atoms with Crippen LogP contribution in [0.5, 0.6) is 5.88 Å². The molecule has 0 radical (unpaired) electrons. The van der Waals surface area contributed by atoms with Crippen LogP contribution in [0.1, 0.15) is 36.9 Å². The molecule has 0 amide bonds. The molecule has 1 spiro atoms. The highest BCUT2D eigenvalue weighted by Gasteiger charge is 2.51. The molecule has 0 bridgehead atoms. The molecule has 3 aliphatic rings. The monoisotopic (exact) mass is 689 g/mol. The van der Waals surface area contributed by atoms with Crippen molar-refractivity contribution >= 4 is 39.3 Å². The van der Waals surface area contributed by atoms with Crippen molar-refractivity contribution in [1.82, 2.24) is 24.7 Å². The van der Waals surface area contributed by atoms with Gasteiger partial charge < -0.3 is 18.6 Å². The molecule has 14 nitrogen and oxygen atoms in total. The average Bonchev–Trinajstić information content (AvgIpc) is 3.79. The zero-order chi connectivity index (χ0) is 34.7.